The monoisotopic (exact) mass is 389 g/mol. The van der Waals surface area contributed by atoms with Gasteiger partial charge < -0.3 is 0 Å². The van der Waals surface area contributed by atoms with Crippen molar-refractivity contribution in [3.63, 3.8) is 0 Å². The second-order valence-electron chi connectivity index (χ2n) is 7.78. The van der Waals surface area contributed by atoms with Crippen molar-refractivity contribution in [2.75, 3.05) is 0 Å². The molecule has 2 aromatic carbocycles. The molecule has 3 heterocycles. The molecule has 1 saturated carbocycles. The Labute approximate surface area is 173 Å². The standard InChI is InChI=1S/C25H19N5/c1-15-20(16-7-3-2-4-8-16)23(30-25-21(15)26-13-14-27-25)24-22(17-11-12-17)28-18-9-5-6-10-19(18)29-24/h2-10,13-14,17H,11-12H2,1H3. The molecule has 0 unspecified atom stereocenters. The lowest BCUT2D eigenvalue weighted by molar-refractivity contribution is 1.02. The summed E-state index contributed by atoms with van der Waals surface area (Å²) in [5.41, 5.74) is 9.24. The Hall–Kier alpha value is -3.73. The highest BCUT2D eigenvalue weighted by Crippen LogP contribution is 2.45. The number of pyridine rings is 1. The van der Waals surface area contributed by atoms with Gasteiger partial charge in [0.2, 0.25) is 0 Å². The number of aromatic nitrogens is 5. The Kier molecular flexibility index (Phi) is 3.81. The van der Waals surface area contributed by atoms with Crippen molar-refractivity contribution in [3.8, 4) is 22.5 Å². The third-order valence-corrected chi connectivity index (χ3v) is 5.71. The first-order valence-corrected chi connectivity index (χ1v) is 10.2. The highest BCUT2D eigenvalue weighted by Gasteiger charge is 2.31. The number of nitrogens with zero attached hydrogens (tertiary/aromatic N) is 5. The molecule has 0 bridgehead atoms. The molecule has 1 aliphatic carbocycles. The van der Waals surface area contributed by atoms with Crippen molar-refractivity contribution >= 4 is 22.2 Å². The van der Waals surface area contributed by atoms with Crippen molar-refractivity contribution in [2.45, 2.75) is 25.7 Å². The number of aryl methyl sites for hydroxylation is 1. The zero-order chi connectivity index (χ0) is 20.1. The smallest absolute Gasteiger partial charge is 0.179 e. The third kappa shape index (κ3) is 2.74. The van der Waals surface area contributed by atoms with E-state index in [2.05, 4.69) is 29.0 Å². The maximum atomic E-state index is 5.07. The predicted octanol–water partition coefficient (Wildman–Crippen LogP) is 5.49. The second-order valence-corrected chi connectivity index (χ2v) is 7.78. The van der Waals surface area contributed by atoms with E-state index in [0.29, 0.717) is 11.6 Å². The first kappa shape index (κ1) is 17.2. The average Bonchev–Trinajstić information content (AvgIpc) is 3.64. The predicted molar refractivity (Wildman–Crippen MR) is 118 cm³/mol. The van der Waals surface area contributed by atoms with Gasteiger partial charge in [0.1, 0.15) is 16.9 Å². The molecule has 0 N–H and O–H groups in total. The van der Waals surface area contributed by atoms with E-state index in [1.165, 1.54) is 0 Å². The summed E-state index contributed by atoms with van der Waals surface area (Å²) >= 11 is 0. The molecule has 6 rings (SSSR count). The van der Waals surface area contributed by atoms with Gasteiger partial charge in [0.15, 0.2) is 5.65 Å². The van der Waals surface area contributed by atoms with Crippen molar-refractivity contribution in [2.24, 2.45) is 0 Å². The van der Waals surface area contributed by atoms with Gasteiger partial charge in [-0.2, -0.15) is 0 Å². The lowest BCUT2D eigenvalue weighted by Crippen LogP contribution is -2.04. The van der Waals surface area contributed by atoms with Crippen LogP contribution in [0.4, 0.5) is 0 Å². The van der Waals surface area contributed by atoms with Gasteiger partial charge in [0.25, 0.3) is 0 Å². The molecule has 0 amide bonds. The molecule has 5 aromatic rings. The van der Waals surface area contributed by atoms with Crippen molar-refractivity contribution < 1.29 is 0 Å². The van der Waals surface area contributed by atoms with Gasteiger partial charge in [-0.1, -0.05) is 42.5 Å². The van der Waals surface area contributed by atoms with Crippen molar-refractivity contribution in [1.82, 2.24) is 24.9 Å². The molecular weight excluding hydrogens is 370 g/mol. The minimum atomic E-state index is 0.445. The summed E-state index contributed by atoms with van der Waals surface area (Å²) in [6.07, 6.45) is 5.70. The summed E-state index contributed by atoms with van der Waals surface area (Å²) < 4.78 is 0. The Morgan fingerprint density at radius 2 is 1.43 bits per heavy atom. The maximum absolute atomic E-state index is 5.07. The number of fused-ring (bicyclic) bond motifs is 2. The molecule has 5 heteroatoms. The molecule has 0 radical (unpaired) electrons. The maximum Gasteiger partial charge on any atom is 0.179 e. The molecule has 0 atom stereocenters. The highest BCUT2D eigenvalue weighted by molar-refractivity contribution is 5.93. The molecule has 1 fully saturated rings. The van der Waals surface area contributed by atoms with Crippen LogP contribution in [0, 0.1) is 6.92 Å². The molecule has 30 heavy (non-hydrogen) atoms. The molecule has 3 aromatic heterocycles. The fourth-order valence-corrected chi connectivity index (χ4v) is 4.09. The highest BCUT2D eigenvalue weighted by atomic mass is 14.9. The Morgan fingerprint density at radius 3 is 2.20 bits per heavy atom. The summed E-state index contributed by atoms with van der Waals surface area (Å²) in [7, 11) is 0. The van der Waals surface area contributed by atoms with Crippen LogP contribution in [-0.2, 0) is 0 Å². The molecule has 0 aliphatic heterocycles. The first-order chi connectivity index (χ1) is 14.8. The van der Waals surface area contributed by atoms with Crippen LogP contribution in [0.3, 0.4) is 0 Å². The quantitative estimate of drug-likeness (QED) is 0.408. The Bertz CT molecular complexity index is 1410. The van der Waals surface area contributed by atoms with E-state index in [4.69, 9.17) is 15.0 Å². The molecule has 144 valence electrons. The van der Waals surface area contributed by atoms with Crippen LogP contribution in [0.25, 0.3) is 44.7 Å². The van der Waals surface area contributed by atoms with Crippen LogP contribution < -0.4 is 0 Å². The van der Waals surface area contributed by atoms with Gasteiger partial charge in [0.05, 0.1) is 16.7 Å². The van der Waals surface area contributed by atoms with E-state index < -0.39 is 0 Å². The molecule has 0 spiro atoms. The lowest BCUT2D eigenvalue weighted by Gasteiger charge is -2.16. The van der Waals surface area contributed by atoms with E-state index in [9.17, 15) is 0 Å². The summed E-state index contributed by atoms with van der Waals surface area (Å²) in [5.74, 6) is 0.445. The van der Waals surface area contributed by atoms with E-state index in [1.807, 2.05) is 42.5 Å². The summed E-state index contributed by atoms with van der Waals surface area (Å²) in [5, 5.41) is 0. The minimum absolute atomic E-state index is 0.445. The number of hydrogen-bond acceptors (Lipinski definition) is 5. The van der Waals surface area contributed by atoms with Gasteiger partial charge in [-0.05, 0) is 43.0 Å². The van der Waals surface area contributed by atoms with E-state index in [1.54, 1.807) is 12.4 Å². The summed E-state index contributed by atoms with van der Waals surface area (Å²) in [6, 6.07) is 18.4. The number of benzene rings is 2. The summed E-state index contributed by atoms with van der Waals surface area (Å²) in [6.45, 7) is 2.09. The summed E-state index contributed by atoms with van der Waals surface area (Å²) in [4.78, 5) is 24.1. The van der Waals surface area contributed by atoms with Crippen LogP contribution >= 0.6 is 0 Å². The van der Waals surface area contributed by atoms with Crippen LogP contribution in [0.5, 0.6) is 0 Å². The Balaban J connectivity index is 1.74. The zero-order valence-electron chi connectivity index (χ0n) is 16.6. The number of para-hydroxylation sites is 2. The lowest BCUT2D eigenvalue weighted by atomic mass is 9.95. The fraction of sp³-hybridized carbons (Fsp3) is 0.160. The van der Waals surface area contributed by atoms with E-state index >= 15 is 0 Å². The number of rotatable bonds is 3. The SMILES string of the molecule is Cc1c(-c2ccccc2)c(-c2nc3ccccc3nc2C2CC2)nc2nccnc12. The Morgan fingerprint density at radius 1 is 0.733 bits per heavy atom. The fourth-order valence-electron chi connectivity index (χ4n) is 4.09. The second kappa shape index (κ2) is 6.66. The average molecular weight is 389 g/mol. The molecule has 1 aliphatic rings. The van der Waals surface area contributed by atoms with Gasteiger partial charge in [-0.25, -0.2) is 19.9 Å². The van der Waals surface area contributed by atoms with Gasteiger partial charge >= 0.3 is 0 Å². The minimum Gasteiger partial charge on any atom is -0.251 e. The first-order valence-electron chi connectivity index (χ1n) is 10.2. The van der Waals surface area contributed by atoms with Gasteiger partial charge in [0, 0.05) is 23.9 Å². The van der Waals surface area contributed by atoms with E-state index in [0.717, 1.165) is 63.2 Å². The van der Waals surface area contributed by atoms with E-state index in [-0.39, 0.29) is 0 Å². The van der Waals surface area contributed by atoms with Gasteiger partial charge in [-0.15, -0.1) is 0 Å². The van der Waals surface area contributed by atoms with Crippen LogP contribution in [0.15, 0.2) is 67.0 Å². The molecular formula is C25H19N5. The third-order valence-electron chi connectivity index (χ3n) is 5.71. The topological polar surface area (TPSA) is 64.5 Å². The normalized spacial score (nSPS) is 13.8. The van der Waals surface area contributed by atoms with Crippen LogP contribution in [-0.4, -0.2) is 24.9 Å². The van der Waals surface area contributed by atoms with Crippen molar-refractivity contribution in [1.29, 1.82) is 0 Å². The largest absolute Gasteiger partial charge is 0.251 e. The van der Waals surface area contributed by atoms with Gasteiger partial charge in [-0.3, -0.25) is 4.98 Å². The number of hydrogen-bond donors (Lipinski definition) is 0. The zero-order valence-corrected chi connectivity index (χ0v) is 16.6. The van der Waals surface area contributed by atoms with Crippen LogP contribution in [0.1, 0.15) is 30.0 Å². The molecule has 5 nitrogen and oxygen atoms in total. The van der Waals surface area contributed by atoms with Crippen LogP contribution in [0.2, 0.25) is 0 Å². The van der Waals surface area contributed by atoms with Crippen molar-refractivity contribution in [3.05, 3.63) is 78.2 Å². The molecule has 0 saturated heterocycles.